The number of nitrogens with one attached hydrogen (secondary N) is 2. The number of anilines is 1. The number of nitro groups is 1. The van der Waals surface area contributed by atoms with Gasteiger partial charge in [-0.15, -0.1) is 0 Å². The zero-order valence-corrected chi connectivity index (χ0v) is 15.4. The number of amides is 1. The Balaban J connectivity index is 1.72. The first-order valence-corrected chi connectivity index (χ1v) is 8.80. The van der Waals surface area contributed by atoms with Gasteiger partial charge in [0.1, 0.15) is 11.6 Å². The van der Waals surface area contributed by atoms with E-state index in [2.05, 4.69) is 10.6 Å². The minimum atomic E-state index is -0.529. The SMILES string of the molecule is COc1cc([N+](=O)[O-])ccc1NC(=O)CN1CCNCC1c1cccc(F)c1. The van der Waals surface area contributed by atoms with Crippen LogP contribution in [0.15, 0.2) is 42.5 Å². The van der Waals surface area contributed by atoms with Crippen LogP contribution in [-0.4, -0.2) is 49.0 Å². The molecule has 1 saturated heterocycles. The number of methoxy groups -OCH3 is 1. The van der Waals surface area contributed by atoms with Gasteiger partial charge in [0.15, 0.2) is 0 Å². The van der Waals surface area contributed by atoms with Crippen LogP contribution >= 0.6 is 0 Å². The number of nitro benzene ring substituents is 1. The normalized spacial score (nSPS) is 17.1. The number of carbonyl (C=O) groups is 1. The Bertz CT molecular complexity index is 877. The number of benzene rings is 2. The molecular weight excluding hydrogens is 367 g/mol. The van der Waals surface area contributed by atoms with Crippen molar-refractivity contribution in [3.05, 3.63) is 64.0 Å². The van der Waals surface area contributed by atoms with E-state index in [0.29, 0.717) is 18.8 Å². The molecule has 0 bridgehead atoms. The molecule has 2 N–H and O–H groups in total. The number of non-ortho nitro benzene ring substituents is 1. The molecule has 1 atom stereocenters. The van der Waals surface area contributed by atoms with Gasteiger partial charge in [0.2, 0.25) is 5.91 Å². The van der Waals surface area contributed by atoms with Crippen molar-refractivity contribution in [3.8, 4) is 5.75 Å². The maximum Gasteiger partial charge on any atom is 0.273 e. The van der Waals surface area contributed by atoms with Crippen LogP contribution in [0.25, 0.3) is 0 Å². The third-order valence-electron chi connectivity index (χ3n) is 4.60. The van der Waals surface area contributed by atoms with Crippen LogP contribution < -0.4 is 15.4 Å². The molecule has 0 radical (unpaired) electrons. The summed E-state index contributed by atoms with van der Waals surface area (Å²) in [4.78, 5) is 24.9. The molecule has 0 spiro atoms. The van der Waals surface area contributed by atoms with Crippen LogP contribution in [0.3, 0.4) is 0 Å². The molecule has 1 heterocycles. The second-order valence-electron chi connectivity index (χ2n) is 6.44. The van der Waals surface area contributed by atoms with Crippen molar-refractivity contribution >= 4 is 17.3 Å². The summed E-state index contributed by atoms with van der Waals surface area (Å²) in [6.45, 7) is 2.06. The molecule has 28 heavy (non-hydrogen) atoms. The van der Waals surface area contributed by atoms with Gasteiger partial charge in [-0.25, -0.2) is 4.39 Å². The highest BCUT2D eigenvalue weighted by Crippen LogP contribution is 2.29. The lowest BCUT2D eigenvalue weighted by molar-refractivity contribution is -0.384. The quantitative estimate of drug-likeness (QED) is 0.582. The molecule has 0 aromatic heterocycles. The van der Waals surface area contributed by atoms with E-state index < -0.39 is 4.92 Å². The number of carbonyl (C=O) groups excluding carboxylic acids is 1. The fourth-order valence-electron chi connectivity index (χ4n) is 3.25. The van der Waals surface area contributed by atoms with Crippen molar-refractivity contribution in [2.45, 2.75) is 6.04 Å². The molecule has 1 fully saturated rings. The van der Waals surface area contributed by atoms with E-state index in [9.17, 15) is 19.3 Å². The number of hydrogen-bond acceptors (Lipinski definition) is 6. The number of nitrogens with zero attached hydrogens (tertiary/aromatic N) is 2. The summed E-state index contributed by atoms with van der Waals surface area (Å²) in [5, 5.41) is 16.9. The molecular formula is C19H21FN4O4. The Labute approximate surface area is 161 Å². The van der Waals surface area contributed by atoms with Crippen LogP contribution in [0.5, 0.6) is 5.75 Å². The van der Waals surface area contributed by atoms with E-state index in [-0.39, 0.29) is 35.7 Å². The van der Waals surface area contributed by atoms with Crippen molar-refractivity contribution < 1.29 is 18.8 Å². The fourth-order valence-corrected chi connectivity index (χ4v) is 3.25. The first kappa shape index (κ1) is 19.7. The first-order valence-electron chi connectivity index (χ1n) is 8.80. The summed E-state index contributed by atoms with van der Waals surface area (Å²) < 4.78 is 18.7. The van der Waals surface area contributed by atoms with Crippen LogP contribution in [0, 0.1) is 15.9 Å². The van der Waals surface area contributed by atoms with Gasteiger partial charge in [0, 0.05) is 31.7 Å². The predicted octanol–water partition coefficient (Wildman–Crippen LogP) is 2.33. The molecule has 2 aromatic rings. The molecule has 8 nitrogen and oxygen atoms in total. The molecule has 2 aromatic carbocycles. The largest absolute Gasteiger partial charge is 0.494 e. The predicted molar refractivity (Wildman–Crippen MR) is 102 cm³/mol. The molecule has 9 heteroatoms. The van der Waals surface area contributed by atoms with Gasteiger partial charge in [0.05, 0.1) is 30.3 Å². The lowest BCUT2D eigenvalue weighted by Gasteiger charge is -2.36. The van der Waals surface area contributed by atoms with E-state index in [4.69, 9.17) is 4.74 Å². The van der Waals surface area contributed by atoms with E-state index in [1.807, 2.05) is 11.0 Å². The summed E-state index contributed by atoms with van der Waals surface area (Å²) in [6.07, 6.45) is 0. The Hall–Kier alpha value is -3.04. The summed E-state index contributed by atoms with van der Waals surface area (Å²) in [6, 6.07) is 10.2. The second kappa shape index (κ2) is 8.77. The number of piperazine rings is 1. The van der Waals surface area contributed by atoms with Crippen LogP contribution in [-0.2, 0) is 4.79 Å². The van der Waals surface area contributed by atoms with E-state index in [1.54, 1.807) is 6.07 Å². The average molecular weight is 388 g/mol. The highest BCUT2D eigenvalue weighted by Gasteiger charge is 2.26. The lowest BCUT2D eigenvalue weighted by atomic mass is 10.0. The summed E-state index contributed by atoms with van der Waals surface area (Å²) >= 11 is 0. The number of halogens is 1. The first-order chi connectivity index (χ1) is 13.5. The van der Waals surface area contributed by atoms with Gasteiger partial charge >= 0.3 is 0 Å². The zero-order chi connectivity index (χ0) is 20.1. The molecule has 1 aliphatic rings. The Morgan fingerprint density at radius 1 is 1.39 bits per heavy atom. The topological polar surface area (TPSA) is 96.7 Å². The van der Waals surface area contributed by atoms with Crippen molar-refractivity contribution in [2.24, 2.45) is 0 Å². The zero-order valence-electron chi connectivity index (χ0n) is 15.4. The van der Waals surface area contributed by atoms with Crippen molar-refractivity contribution in [1.29, 1.82) is 0 Å². The number of ether oxygens (including phenoxy) is 1. The minimum Gasteiger partial charge on any atom is -0.494 e. The molecule has 1 unspecified atom stereocenters. The summed E-state index contributed by atoms with van der Waals surface area (Å²) in [7, 11) is 1.38. The maximum atomic E-state index is 13.6. The van der Waals surface area contributed by atoms with Crippen LogP contribution in [0.1, 0.15) is 11.6 Å². The molecule has 3 rings (SSSR count). The number of rotatable bonds is 6. The molecule has 148 valence electrons. The van der Waals surface area contributed by atoms with Crippen LogP contribution in [0.4, 0.5) is 15.8 Å². The van der Waals surface area contributed by atoms with Gasteiger partial charge in [0.25, 0.3) is 5.69 Å². The third kappa shape index (κ3) is 4.62. The van der Waals surface area contributed by atoms with Gasteiger partial charge < -0.3 is 15.4 Å². The smallest absolute Gasteiger partial charge is 0.273 e. The fraction of sp³-hybridized carbons (Fsp3) is 0.316. The van der Waals surface area contributed by atoms with Crippen LogP contribution in [0.2, 0.25) is 0 Å². The standard InChI is InChI=1S/C19H21FN4O4/c1-28-18-10-15(24(26)27)5-6-16(18)22-19(25)12-23-8-7-21-11-17(23)13-3-2-4-14(20)9-13/h2-6,9-10,17,21H,7-8,11-12H2,1H3,(H,22,25). The van der Waals surface area contributed by atoms with Gasteiger partial charge in [-0.1, -0.05) is 12.1 Å². The monoisotopic (exact) mass is 388 g/mol. The highest BCUT2D eigenvalue weighted by atomic mass is 19.1. The van der Waals surface area contributed by atoms with Crippen molar-refractivity contribution in [2.75, 3.05) is 38.6 Å². The Morgan fingerprint density at radius 3 is 2.93 bits per heavy atom. The molecule has 1 aliphatic heterocycles. The molecule has 0 saturated carbocycles. The third-order valence-corrected chi connectivity index (χ3v) is 4.60. The van der Waals surface area contributed by atoms with Crippen molar-refractivity contribution in [3.63, 3.8) is 0 Å². The van der Waals surface area contributed by atoms with Gasteiger partial charge in [-0.2, -0.15) is 0 Å². The minimum absolute atomic E-state index is 0.100. The lowest BCUT2D eigenvalue weighted by Crippen LogP contribution is -2.48. The maximum absolute atomic E-state index is 13.6. The van der Waals surface area contributed by atoms with E-state index >= 15 is 0 Å². The molecule has 0 aliphatic carbocycles. The highest BCUT2D eigenvalue weighted by molar-refractivity contribution is 5.94. The van der Waals surface area contributed by atoms with E-state index in [1.165, 1.54) is 37.4 Å². The van der Waals surface area contributed by atoms with Gasteiger partial charge in [-0.3, -0.25) is 19.8 Å². The average Bonchev–Trinajstić information content (AvgIpc) is 2.68. The Morgan fingerprint density at radius 2 is 2.21 bits per heavy atom. The Kier molecular flexibility index (Phi) is 6.17. The van der Waals surface area contributed by atoms with E-state index in [0.717, 1.165) is 12.1 Å². The van der Waals surface area contributed by atoms with Crippen molar-refractivity contribution in [1.82, 2.24) is 10.2 Å². The summed E-state index contributed by atoms with van der Waals surface area (Å²) in [5.41, 5.74) is 1.03. The van der Waals surface area contributed by atoms with Gasteiger partial charge in [-0.05, 0) is 23.8 Å². The second-order valence-corrected chi connectivity index (χ2v) is 6.44. The number of hydrogen-bond donors (Lipinski definition) is 2. The molecule has 1 amide bonds. The summed E-state index contributed by atoms with van der Waals surface area (Å²) in [5.74, 6) is -0.386.